The minimum absolute atomic E-state index is 0.00838. The fourth-order valence-electron chi connectivity index (χ4n) is 2.62. The van der Waals surface area contributed by atoms with Crippen molar-refractivity contribution < 1.29 is 17.9 Å². The second kappa shape index (κ2) is 8.26. The molecule has 1 heterocycles. The van der Waals surface area contributed by atoms with Gasteiger partial charge in [0.15, 0.2) is 0 Å². The number of aromatic nitrogens is 2. The number of benzene rings is 2. The lowest BCUT2D eigenvalue weighted by molar-refractivity contribution is 0.0599. The van der Waals surface area contributed by atoms with Gasteiger partial charge >= 0.3 is 5.97 Å². The summed E-state index contributed by atoms with van der Waals surface area (Å²) >= 11 is 3.23. The van der Waals surface area contributed by atoms with E-state index in [1.165, 1.54) is 36.7 Å². The summed E-state index contributed by atoms with van der Waals surface area (Å²) in [7, 11) is -1.08. The number of para-hydroxylation sites is 1. The number of hydrogen-bond donors (Lipinski definition) is 0. The number of carbonyl (C=O) groups excluding carboxylic acids is 1. The minimum atomic E-state index is -3.81. The molecule has 0 N–H and O–H groups in total. The average molecular weight is 464 g/mol. The second-order valence-corrected chi connectivity index (χ2v) is 8.92. The monoisotopic (exact) mass is 463 g/mol. The molecule has 0 atom stereocenters. The molecule has 0 saturated heterocycles. The molecule has 0 amide bonds. The SMILES string of the molecule is COC(=O)c1cc(S(=O)(=O)N(C)Cc2cnn(-c3ccccc3)c2)ccc1Br. The highest BCUT2D eigenvalue weighted by Gasteiger charge is 2.24. The lowest BCUT2D eigenvalue weighted by Crippen LogP contribution is -2.26. The van der Waals surface area contributed by atoms with E-state index in [0.29, 0.717) is 4.47 Å². The Morgan fingerprint density at radius 2 is 1.93 bits per heavy atom. The van der Waals surface area contributed by atoms with Crippen molar-refractivity contribution in [3.05, 3.63) is 76.5 Å². The van der Waals surface area contributed by atoms with E-state index >= 15 is 0 Å². The Bertz CT molecular complexity index is 1100. The molecule has 3 rings (SSSR count). The lowest BCUT2D eigenvalue weighted by Gasteiger charge is -2.17. The summed E-state index contributed by atoms with van der Waals surface area (Å²) in [6.07, 6.45) is 3.41. The van der Waals surface area contributed by atoms with Crippen LogP contribution in [0, 0.1) is 0 Å². The normalized spacial score (nSPS) is 11.6. The molecular formula is C19H18BrN3O4S. The number of nitrogens with zero attached hydrogens (tertiary/aromatic N) is 3. The summed E-state index contributed by atoms with van der Waals surface area (Å²) < 4.78 is 33.9. The molecule has 2 aromatic carbocycles. The summed E-state index contributed by atoms with van der Waals surface area (Å²) in [5, 5.41) is 4.28. The predicted molar refractivity (Wildman–Crippen MR) is 108 cm³/mol. The quantitative estimate of drug-likeness (QED) is 0.524. The van der Waals surface area contributed by atoms with Gasteiger partial charge in [0, 0.05) is 29.8 Å². The number of hydrogen-bond acceptors (Lipinski definition) is 5. The molecule has 0 aliphatic rings. The Labute approximate surface area is 171 Å². The third-order valence-corrected chi connectivity index (χ3v) is 6.60. The molecule has 9 heteroatoms. The van der Waals surface area contributed by atoms with Crippen molar-refractivity contribution in [3.63, 3.8) is 0 Å². The van der Waals surface area contributed by atoms with E-state index in [1.807, 2.05) is 30.3 Å². The average Bonchev–Trinajstić information content (AvgIpc) is 3.16. The van der Waals surface area contributed by atoms with Gasteiger partial charge in [-0.15, -0.1) is 0 Å². The zero-order valence-corrected chi connectivity index (χ0v) is 17.6. The first-order chi connectivity index (χ1) is 13.3. The van der Waals surface area contributed by atoms with Crippen molar-refractivity contribution in [3.8, 4) is 5.69 Å². The van der Waals surface area contributed by atoms with Crippen molar-refractivity contribution in [1.82, 2.24) is 14.1 Å². The first-order valence-corrected chi connectivity index (χ1v) is 10.5. The molecule has 0 bridgehead atoms. The van der Waals surface area contributed by atoms with Gasteiger partial charge in [0.2, 0.25) is 10.0 Å². The van der Waals surface area contributed by atoms with Gasteiger partial charge in [-0.25, -0.2) is 17.9 Å². The first kappa shape index (κ1) is 20.2. The molecule has 28 heavy (non-hydrogen) atoms. The number of halogens is 1. The Balaban J connectivity index is 1.83. The molecule has 3 aromatic rings. The maximum absolute atomic E-state index is 12.9. The van der Waals surface area contributed by atoms with Crippen LogP contribution in [0.3, 0.4) is 0 Å². The summed E-state index contributed by atoms with van der Waals surface area (Å²) in [6, 6.07) is 13.8. The zero-order valence-electron chi connectivity index (χ0n) is 15.2. The maximum Gasteiger partial charge on any atom is 0.339 e. The molecule has 7 nitrogen and oxygen atoms in total. The largest absolute Gasteiger partial charge is 0.465 e. The molecule has 0 aliphatic heterocycles. The summed E-state index contributed by atoms with van der Waals surface area (Å²) in [6.45, 7) is 0.138. The smallest absolute Gasteiger partial charge is 0.339 e. The van der Waals surface area contributed by atoms with Crippen molar-refractivity contribution in [1.29, 1.82) is 0 Å². The van der Waals surface area contributed by atoms with E-state index in [0.717, 1.165) is 11.3 Å². The highest BCUT2D eigenvalue weighted by Crippen LogP contribution is 2.24. The number of sulfonamides is 1. The van der Waals surface area contributed by atoms with Crippen LogP contribution in [0.1, 0.15) is 15.9 Å². The topological polar surface area (TPSA) is 81.5 Å². The molecule has 0 spiro atoms. The van der Waals surface area contributed by atoms with Crippen LogP contribution in [-0.4, -0.2) is 42.6 Å². The Hall–Kier alpha value is -2.49. The second-order valence-electron chi connectivity index (χ2n) is 6.02. The molecular weight excluding hydrogens is 446 g/mol. The zero-order chi connectivity index (χ0) is 20.3. The van der Waals surface area contributed by atoms with Crippen LogP contribution in [0.2, 0.25) is 0 Å². The predicted octanol–water partition coefficient (Wildman–Crippen LogP) is 3.24. The van der Waals surface area contributed by atoms with Gasteiger partial charge < -0.3 is 4.74 Å². The van der Waals surface area contributed by atoms with Gasteiger partial charge in [-0.05, 0) is 46.3 Å². The van der Waals surface area contributed by atoms with Crippen LogP contribution >= 0.6 is 15.9 Å². The fraction of sp³-hybridized carbons (Fsp3) is 0.158. The molecule has 0 saturated carbocycles. The number of methoxy groups -OCH3 is 1. The number of ether oxygens (including phenoxy) is 1. The molecule has 0 radical (unpaired) electrons. The van der Waals surface area contributed by atoms with Crippen LogP contribution in [0.25, 0.3) is 5.69 Å². The van der Waals surface area contributed by atoms with Gasteiger partial charge in [-0.1, -0.05) is 18.2 Å². The minimum Gasteiger partial charge on any atom is -0.465 e. The first-order valence-electron chi connectivity index (χ1n) is 8.26. The number of rotatable bonds is 6. The van der Waals surface area contributed by atoms with Crippen molar-refractivity contribution in [2.75, 3.05) is 14.2 Å². The van der Waals surface area contributed by atoms with Gasteiger partial charge in [-0.2, -0.15) is 9.40 Å². The number of carbonyl (C=O) groups is 1. The Morgan fingerprint density at radius 1 is 1.21 bits per heavy atom. The van der Waals surface area contributed by atoms with E-state index in [9.17, 15) is 13.2 Å². The van der Waals surface area contributed by atoms with E-state index in [2.05, 4.69) is 21.0 Å². The van der Waals surface area contributed by atoms with E-state index in [4.69, 9.17) is 4.74 Å². The van der Waals surface area contributed by atoms with Crippen LogP contribution in [0.4, 0.5) is 0 Å². The Morgan fingerprint density at radius 3 is 2.61 bits per heavy atom. The van der Waals surface area contributed by atoms with Gasteiger partial charge in [0.25, 0.3) is 0 Å². The molecule has 146 valence electrons. The van der Waals surface area contributed by atoms with Crippen molar-refractivity contribution in [2.45, 2.75) is 11.4 Å². The fourth-order valence-corrected chi connectivity index (χ4v) is 4.21. The third kappa shape index (κ3) is 4.16. The highest BCUT2D eigenvalue weighted by molar-refractivity contribution is 9.10. The lowest BCUT2D eigenvalue weighted by atomic mass is 10.2. The van der Waals surface area contributed by atoms with E-state index < -0.39 is 16.0 Å². The molecule has 0 fully saturated rings. The van der Waals surface area contributed by atoms with E-state index in [-0.39, 0.29) is 17.0 Å². The van der Waals surface area contributed by atoms with Crippen LogP contribution in [0.5, 0.6) is 0 Å². The third-order valence-electron chi connectivity index (χ3n) is 4.11. The van der Waals surface area contributed by atoms with Gasteiger partial charge in [0.1, 0.15) is 0 Å². The van der Waals surface area contributed by atoms with E-state index in [1.54, 1.807) is 17.1 Å². The van der Waals surface area contributed by atoms with Crippen molar-refractivity contribution in [2.24, 2.45) is 0 Å². The van der Waals surface area contributed by atoms with Gasteiger partial charge in [0.05, 0.1) is 29.5 Å². The standard InChI is InChI=1S/C19H18BrN3O4S/c1-22(12-14-11-21-23(13-14)15-6-4-3-5-7-15)28(25,26)16-8-9-18(20)17(10-16)19(24)27-2/h3-11,13H,12H2,1-2H3. The van der Waals surface area contributed by atoms with Crippen LogP contribution in [-0.2, 0) is 21.3 Å². The number of esters is 1. The van der Waals surface area contributed by atoms with Crippen LogP contribution < -0.4 is 0 Å². The Kier molecular flexibility index (Phi) is 5.97. The molecule has 1 aromatic heterocycles. The summed E-state index contributed by atoms with van der Waals surface area (Å²) in [5.74, 6) is -0.615. The summed E-state index contributed by atoms with van der Waals surface area (Å²) in [4.78, 5) is 11.8. The molecule has 0 unspecified atom stereocenters. The summed E-state index contributed by atoms with van der Waals surface area (Å²) in [5.41, 5.74) is 1.77. The van der Waals surface area contributed by atoms with Gasteiger partial charge in [-0.3, -0.25) is 0 Å². The maximum atomic E-state index is 12.9. The van der Waals surface area contributed by atoms with Crippen molar-refractivity contribution >= 4 is 31.9 Å². The van der Waals surface area contributed by atoms with Crippen LogP contribution in [0.15, 0.2) is 70.3 Å². The highest BCUT2D eigenvalue weighted by atomic mass is 79.9. The molecule has 0 aliphatic carbocycles.